The van der Waals surface area contributed by atoms with Crippen LogP contribution in [0.1, 0.15) is 12.8 Å². The Bertz CT molecular complexity index is 599. The van der Waals surface area contributed by atoms with Gasteiger partial charge in [0.25, 0.3) is 0 Å². The zero-order chi connectivity index (χ0) is 13.2. The van der Waals surface area contributed by atoms with Gasteiger partial charge < -0.3 is 4.90 Å². The van der Waals surface area contributed by atoms with E-state index in [4.69, 9.17) is 12.2 Å². The molecule has 0 radical (unpaired) electrons. The van der Waals surface area contributed by atoms with Gasteiger partial charge in [-0.2, -0.15) is 5.10 Å². The van der Waals surface area contributed by atoms with Crippen molar-refractivity contribution >= 4 is 12.2 Å². The number of nitrogens with one attached hydrogen (secondary N) is 1. The second-order valence-electron chi connectivity index (χ2n) is 4.93. The number of aromatic nitrogens is 4. The van der Waals surface area contributed by atoms with Crippen molar-refractivity contribution in [2.75, 3.05) is 13.6 Å². The van der Waals surface area contributed by atoms with Crippen LogP contribution in [0.25, 0.3) is 11.5 Å². The second-order valence-corrected chi connectivity index (χ2v) is 5.32. The van der Waals surface area contributed by atoms with E-state index in [9.17, 15) is 0 Å². The Morgan fingerprint density at radius 1 is 1.47 bits per heavy atom. The van der Waals surface area contributed by atoms with E-state index in [2.05, 4.69) is 27.1 Å². The highest BCUT2D eigenvalue weighted by molar-refractivity contribution is 7.71. The number of rotatable bonds is 5. The van der Waals surface area contributed by atoms with Crippen molar-refractivity contribution < 1.29 is 0 Å². The number of nitrogens with zero attached hydrogens (tertiary/aromatic N) is 4. The SMILES string of the molecule is CN(CCn1c(-c2ccccn2)n[nH]c1=S)C1CC1. The molecule has 0 aromatic carbocycles. The van der Waals surface area contributed by atoms with E-state index in [0.29, 0.717) is 4.77 Å². The first-order valence-electron chi connectivity index (χ1n) is 6.52. The maximum absolute atomic E-state index is 5.30. The highest BCUT2D eigenvalue weighted by Gasteiger charge is 2.25. The van der Waals surface area contributed by atoms with E-state index in [1.54, 1.807) is 6.20 Å². The molecular weight excluding hydrogens is 258 g/mol. The van der Waals surface area contributed by atoms with Crippen molar-refractivity contribution in [2.24, 2.45) is 0 Å². The van der Waals surface area contributed by atoms with Gasteiger partial charge in [0.05, 0.1) is 0 Å². The molecule has 0 aliphatic heterocycles. The second kappa shape index (κ2) is 5.22. The fourth-order valence-electron chi connectivity index (χ4n) is 2.17. The largest absolute Gasteiger partial charge is 0.302 e. The molecule has 0 saturated heterocycles. The van der Waals surface area contributed by atoms with Crippen LogP contribution in [-0.4, -0.2) is 44.3 Å². The molecule has 0 atom stereocenters. The average molecular weight is 275 g/mol. The minimum atomic E-state index is 0.657. The molecule has 5 nitrogen and oxygen atoms in total. The first kappa shape index (κ1) is 12.5. The van der Waals surface area contributed by atoms with Gasteiger partial charge in [-0.05, 0) is 44.2 Å². The molecule has 0 spiro atoms. The normalized spacial score (nSPS) is 15.1. The third-order valence-corrected chi connectivity index (χ3v) is 3.81. The molecule has 1 aliphatic rings. The van der Waals surface area contributed by atoms with Crippen LogP contribution in [0.2, 0.25) is 0 Å². The third-order valence-electron chi connectivity index (χ3n) is 3.50. The van der Waals surface area contributed by atoms with E-state index in [1.807, 2.05) is 22.8 Å². The summed E-state index contributed by atoms with van der Waals surface area (Å²) in [5.74, 6) is 0.815. The van der Waals surface area contributed by atoms with Crippen LogP contribution < -0.4 is 0 Å². The van der Waals surface area contributed by atoms with Gasteiger partial charge in [-0.1, -0.05) is 6.07 Å². The van der Waals surface area contributed by atoms with Gasteiger partial charge in [-0.15, -0.1) is 0 Å². The molecular formula is C13H17N5S. The highest BCUT2D eigenvalue weighted by atomic mass is 32.1. The van der Waals surface area contributed by atoms with Crippen LogP contribution in [0.15, 0.2) is 24.4 Å². The van der Waals surface area contributed by atoms with Gasteiger partial charge in [-0.25, -0.2) is 0 Å². The van der Waals surface area contributed by atoms with Crippen LogP contribution in [0.5, 0.6) is 0 Å². The van der Waals surface area contributed by atoms with Gasteiger partial charge in [0.2, 0.25) is 0 Å². The molecule has 19 heavy (non-hydrogen) atoms. The Morgan fingerprint density at radius 2 is 2.32 bits per heavy atom. The first-order chi connectivity index (χ1) is 9.25. The lowest BCUT2D eigenvalue weighted by atomic mass is 10.3. The molecule has 3 rings (SSSR count). The van der Waals surface area contributed by atoms with Gasteiger partial charge >= 0.3 is 0 Å². The highest BCUT2D eigenvalue weighted by Crippen LogP contribution is 2.25. The molecule has 0 unspecified atom stereocenters. The van der Waals surface area contributed by atoms with Crippen molar-refractivity contribution in [1.29, 1.82) is 0 Å². The van der Waals surface area contributed by atoms with Crippen molar-refractivity contribution in [3.8, 4) is 11.5 Å². The summed E-state index contributed by atoms with van der Waals surface area (Å²) in [7, 11) is 2.17. The maximum atomic E-state index is 5.30. The minimum absolute atomic E-state index is 0.657. The maximum Gasteiger partial charge on any atom is 0.195 e. The Balaban J connectivity index is 1.80. The molecule has 1 saturated carbocycles. The Morgan fingerprint density at radius 3 is 3.00 bits per heavy atom. The topological polar surface area (TPSA) is 49.7 Å². The third kappa shape index (κ3) is 2.74. The van der Waals surface area contributed by atoms with Gasteiger partial charge in [0.1, 0.15) is 5.69 Å². The van der Waals surface area contributed by atoms with E-state index >= 15 is 0 Å². The quantitative estimate of drug-likeness (QED) is 0.849. The van der Waals surface area contributed by atoms with Gasteiger partial charge in [0, 0.05) is 25.3 Å². The first-order valence-corrected chi connectivity index (χ1v) is 6.93. The zero-order valence-corrected chi connectivity index (χ0v) is 11.7. The van der Waals surface area contributed by atoms with Crippen LogP contribution in [0.4, 0.5) is 0 Å². The number of hydrogen-bond donors (Lipinski definition) is 1. The lowest BCUT2D eigenvalue weighted by molar-refractivity contribution is 0.309. The lowest BCUT2D eigenvalue weighted by Gasteiger charge is -2.16. The van der Waals surface area contributed by atoms with Crippen LogP contribution >= 0.6 is 12.2 Å². The lowest BCUT2D eigenvalue weighted by Crippen LogP contribution is -2.25. The summed E-state index contributed by atoms with van der Waals surface area (Å²) in [6, 6.07) is 6.57. The van der Waals surface area contributed by atoms with Crippen molar-refractivity contribution in [3.05, 3.63) is 29.2 Å². The summed E-state index contributed by atoms with van der Waals surface area (Å²) in [6.45, 7) is 1.83. The summed E-state index contributed by atoms with van der Waals surface area (Å²) in [4.78, 5) is 6.72. The molecule has 2 aromatic rings. The van der Waals surface area contributed by atoms with Crippen LogP contribution in [0.3, 0.4) is 0 Å². The van der Waals surface area contributed by atoms with E-state index in [0.717, 1.165) is 30.6 Å². The Labute approximate surface area is 117 Å². The van der Waals surface area contributed by atoms with Crippen molar-refractivity contribution in [2.45, 2.75) is 25.4 Å². The molecule has 100 valence electrons. The smallest absolute Gasteiger partial charge is 0.195 e. The Kier molecular flexibility index (Phi) is 3.44. The molecule has 6 heteroatoms. The predicted molar refractivity (Wildman–Crippen MR) is 76.3 cm³/mol. The summed E-state index contributed by atoms with van der Waals surface area (Å²) < 4.78 is 2.68. The summed E-state index contributed by atoms with van der Waals surface area (Å²) >= 11 is 5.30. The fourth-order valence-corrected chi connectivity index (χ4v) is 2.39. The van der Waals surface area contributed by atoms with Gasteiger partial charge in [-0.3, -0.25) is 14.6 Å². The number of H-pyrrole nitrogens is 1. The summed E-state index contributed by atoms with van der Waals surface area (Å²) in [5.41, 5.74) is 0.851. The van der Waals surface area contributed by atoms with E-state index in [-0.39, 0.29) is 0 Å². The van der Waals surface area contributed by atoms with E-state index < -0.39 is 0 Å². The van der Waals surface area contributed by atoms with Gasteiger partial charge in [0.15, 0.2) is 10.6 Å². The molecule has 2 aromatic heterocycles. The average Bonchev–Trinajstić information content (AvgIpc) is 3.22. The summed E-state index contributed by atoms with van der Waals surface area (Å²) in [6.07, 6.45) is 4.41. The number of hydrogen-bond acceptors (Lipinski definition) is 4. The Hall–Kier alpha value is -1.53. The van der Waals surface area contributed by atoms with Crippen molar-refractivity contribution in [1.82, 2.24) is 24.6 Å². The monoisotopic (exact) mass is 275 g/mol. The molecule has 1 N–H and O–H groups in total. The fraction of sp³-hybridized carbons (Fsp3) is 0.462. The summed E-state index contributed by atoms with van der Waals surface area (Å²) in [5, 5.41) is 7.15. The molecule has 1 fully saturated rings. The number of aromatic amines is 1. The standard InChI is InChI=1S/C13H17N5S/c1-17(10-5-6-10)8-9-18-12(15-16-13(18)19)11-4-2-3-7-14-11/h2-4,7,10H,5-6,8-9H2,1H3,(H,16,19). The van der Waals surface area contributed by atoms with E-state index in [1.165, 1.54) is 12.8 Å². The minimum Gasteiger partial charge on any atom is -0.302 e. The van der Waals surface area contributed by atoms with Crippen LogP contribution in [0, 0.1) is 4.77 Å². The molecule has 2 heterocycles. The van der Waals surface area contributed by atoms with Crippen molar-refractivity contribution in [3.63, 3.8) is 0 Å². The number of likely N-dealkylation sites (N-methyl/N-ethyl adjacent to an activating group) is 1. The predicted octanol–water partition coefficient (Wildman–Crippen LogP) is 2.10. The number of pyridine rings is 1. The molecule has 1 aliphatic carbocycles. The molecule has 0 amide bonds. The zero-order valence-electron chi connectivity index (χ0n) is 10.9. The molecule has 0 bridgehead atoms. The van der Waals surface area contributed by atoms with Crippen LogP contribution in [-0.2, 0) is 6.54 Å².